The van der Waals surface area contributed by atoms with Crippen molar-refractivity contribution in [2.45, 2.75) is 13.0 Å². The molecule has 0 saturated heterocycles. The lowest BCUT2D eigenvalue weighted by Gasteiger charge is -2.15. The van der Waals surface area contributed by atoms with E-state index in [9.17, 15) is 9.59 Å². The fourth-order valence-electron chi connectivity index (χ4n) is 2.01. The Labute approximate surface area is 165 Å². The van der Waals surface area contributed by atoms with Crippen LogP contribution in [0.4, 0.5) is 0 Å². The number of halogens is 2. The lowest BCUT2D eigenvalue weighted by Crippen LogP contribution is -2.24. The standard InChI is InChI=1S/C18H16Cl2N2O5/c1-10(18(24)25)27-16-12(4-3-5-15(16)26-2)9-21-22-17(23)11-6-7-13(19)14(20)8-11/h3-10H,1-2H3,(H,22,23)(H,24,25)/b21-9-/t10-/m1/s1. The molecule has 0 spiro atoms. The van der Waals surface area contributed by atoms with E-state index in [0.29, 0.717) is 16.3 Å². The molecule has 142 valence electrons. The molecule has 0 bridgehead atoms. The normalized spacial score (nSPS) is 11.9. The predicted molar refractivity (Wildman–Crippen MR) is 102 cm³/mol. The van der Waals surface area contributed by atoms with Crippen molar-refractivity contribution in [3.63, 3.8) is 0 Å². The smallest absolute Gasteiger partial charge is 0.344 e. The zero-order valence-electron chi connectivity index (χ0n) is 14.4. The van der Waals surface area contributed by atoms with Gasteiger partial charge in [-0.2, -0.15) is 5.10 Å². The van der Waals surface area contributed by atoms with Crippen LogP contribution in [0.15, 0.2) is 41.5 Å². The third kappa shape index (κ3) is 5.35. The molecule has 0 aliphatic heterocycles. The van der Waals surface area contributed by atoms with Crippen LogP contribution in [0.2, 0.25) is 10.0 Å². The van der Waals surface area contributed by atoms with Gasteiger partial charge < -0.3 is 14.6 Å². The summed E-state index contributed by atoms with van der Waals surface area (Å²) in [5.74, 6) is -1.09. The molecule has 0 radical (unpaired) electrons. The number of amides is 1. The van der Waals surface area contributed by atoms with Crippen LogP contribution in [-0.4, -0.2) is 36.4 Å². The largest absolute Gasteiger partial charge is 0.493 e. The maximum atomic E-state index is 12.1. The monoisotopic (exact) mass is 410 g/mol. The number of carbonyl (C=O) groups excluding carboxylic acids is 1. The highest BCUT2D eigenvalue weighted by Crippen LogP contribution is 2.31. The van der Waals surface area contributed by atoms with Gasteiger partial charge in [-0.1, -0.05) is 29.3 Å². The number of hydrogen-bond acceptors (Lipinski definition) is 5. The number of hydrogen-bond donors (Lipinski definition) is 2. The quantitative estimate of drug-likeness (QED) is 0.536. The van der Waals surface area contributed by atoms with Crippen LogP contribution in [-0.2, 0) is 4.79 Å². The van der Waals surface area contributed by atoms with Crippen molar-refractivity contribution < 1.29 is 24.2 Å². The third-order valence-electron chi connectivity index (χ3n) is 3.42. The summed E-state index contributed by atoms with van der Waals surface area (Å²) in [7, 11) is 1.43. The van der Waals surface area contributed by atoms with Gasteiger partial charge in [0.1, 0.15) is 0 Å². The van der Waals surface area contributed by atoms with Crippen LogP contribution in [0.1, 0.15) is 22.8 Å². The molecular weight excluding hydrogens is 395 g/mol. The molecule has 27 heavy (non-hydrogen) atoms. The highest BCUT2D eigenvalue weighted by molar-refractivity contribution is 6.42. The maximum Gasteiger partial charge on any atom is 0.344 e. The number of nitrogens with one attached hydrogen (secondary N) is 1. The number of carbonyl (C=O) groups is 2. The minimum atomic E-state index is -1.13. The van der Waals surface area contributed by atoms with Gasteiger partial charge in [0.05, 0.1) is 23.4 Å². The predicted octanol–water partition coefficient (Wildman–Crippen LogP) is 3.62. The van der Waals surface area contributed by atoms with E-state index < -0.39 is 18.0 Å². The van der Waals surface area contributed by atoms with Gasteiger partial charge in [0.15, 0.2) is 17.6 Å². The summed E-state index contributed by atoms with van der Waals surface area (Å²) in [5.41, 5.74) is 3.06. The summed E-state index contributed by atoms with van der Waals surface area (Å²) in [6, 6.07) is 9.37. The number of aliphatic carboxylic acids is 1. The molecule has 2 rings (SSSR count). The van der Waals surface area contributed by atoms with Gasteiger partial charge in [0, 0.05) is 11.1 Å². The van der Waals surface area contributed by atoms with Gasteiger partial charge in [0.2, 0.25) is 0 Å². The Balaban J connectivity index is 2.19. The van der Waals surface area contributed by atoms with Crippen molar-refractivity contribution in [3.8, 4) is 11.5 Å². The molecule has 0 aromatic heterocycles. The number of methoxy groups -OCH3 is 1. The number of para-hydroxylation sites is 1. The van der Waals surface area contributed by atoms with Crippen LogP contribution >= 0.6 is 23.2 Å². The summed E-state index contributed by atoms with van der Waals surface area (Å²) in [4.78, 5) is 23.2. The molecule has 0 unspecified atom stereocenters. The number of carboxylic acids is 1. The van der Waals surface area contributed by atoms with Gasteiger partial charge in [0.25, 0.3) is 5.91 Å². The van der Waals surface area contributed by atoms with Gasteiger partial charge in [-0.25, -0.2) is 10.2 Å². The number of ether oxygens (including phenoxy) is 2. The van der Waals surface area contributed by atoms with E-state index in [0.717, 1.165) is 0 Å². The van der Waals surface area contributed by atoms with E-state index >= 15 is 0 Å². The molecule has 9 heteroatoms. The zero-order chi connectivity index (χ0) is 20.0. The summed E-state index contributed by atoms with van der Waals surface area (Å²) in [6.07, 6.45) is 0.223. The van der Waals surface area contributed by atoms with Crippen LogP contribution in [0.5, 0.6) is 11.5 Å². The minimum absolute atomic E-state index is 0.197. The summed E-state index contributed by atoms with van der Waals surface area (Å²) in [5, 5.41) is 13.5. The van der Waals surface area contributed by atoms with Gasteiger partial charge in [-0.3, -0.25) is 4.79 Å². The van der Waals surface area contributed by atoms with Crippen molar-refractivity contribution in [1.82, 2.24) is 5.43 Å². The van der Waals surface area contributed by atoms with Crippen molar-refractivity contribution in [2.75, 3.05) is 7.11 Å². The van der Waals surface area contributed by atoms with Crippen LogP contribution in [0.25, 0.3) is 0 Å². The molecule has 0 saturated carbocycles. The molecule has 0 heterocycles. The first-order valence-electron chi connectivity index (χ1n) is 7.68. The number of hydrazone groups is 1. The third-order valence-corrected chi connectivity index (χ3v) is 4.16. The second-order valence-electron chi connectivity index (χ2n) is 5.30. The molecule has 2 N–H and O–H groups in total. The van der Waals surface area contributed by atoms with Crippen molar-refractivity contribution in [1.29, 1.82) is 0 Å². The Morgan fingerprint density at radius 3 is 2.59 bits per heavy atom. The number of nitrogens with zero attached hydrogens (tertiary/aromatic N) is 1. The Bertz CT molecular complexity index is 886. The topological polar surface area (TPSA) is 97.2 Å². The second-order valence-corrected chi connectivity index (χ2v) is 6.12. The molecule has 2 aromatic carbocycles. The average Bonchev–Trinajstić information content (AvgIpc) is 2.64. The first kappa shape index (κ1) is 20.5. The summed E-state index contributed by atoms with van der Waals surface area (Å²) >= 11 is 11.7. The minimum Gasteiger partial charge on any atom is -0.493 e. The fraction of sp³-hybridized carbons (Fsp3) is 0.167. The SMILES string of the molecule is COc1cccc(/C=N\NC(=O)c2ccc(Cl)c(Cl)c2)c1O[C@H](C)C(=O)O. The van der Waals surface area contributed by atoms with Crippen LogP contribution in [0.3, 0.4) is 0 Å². The first-order chi connectivity index (χ1) is 12.8. The maximum absolute atomic E-state index is 12.1. The number of carboxylic acid groups (broad SMARTS) is 1. The Morgan fingerprint density at radius 1 is 1.22 bits per heavy atom. The Hall–Kier alpha value is -2.77. The Morgan fingerprint density at radius 2 is 1.96 bits per heavy atom. The summed E-state index contributed by atoms with van der Waals surface area (Å²) in [6.45, 7) is 1.39. The lowest BCUT2D eigenvalue weighted by atomic mass is 10.2. The van der Waals surface area contributed by atoms with Gasteiger partial charge in [-0.15, -0.1) is 0 Å². The van der Waals surface area contributed by atoms with E-state index in [1.807, 2.05) is 0 Å². The van der Waals surface area contributed by atoms with Gasteiger partial charge in [-0.05, 0) is 37.3 Å². The summed E-state index contributed by atoms with van der Waals surface area (Å²) < 4.78 is 10.6. The van der Waals surface area contributed by atoms with E-state index in [4.69, 9.17) is 37.8 Å². The Kier molecular flexibility index (Phi) is 7.04. The second kappa shape index (κ2) is 9.25. The molecular formula is C18H16Cl2N2O5. The number of benzene rings is 2. The molecule has 1 amide bonds. The van der Waals surface area contributed by atoms with Crippen molar-refractivity contribution >= 4 is 41.3 Å². The van der Waals surface area contributed by atoms with Gasteiger partial charge >= 0.3 is 5.97 Å². The molecule has 2 aromatic rings. The highest BCUT2D eigenvalue weighted by atomic mass is 35.5. The van der Waals surface area contributed by atoms with E-state index in [-0.39, 0.29) is 16.3 Å². The van der Waals surface area contributed by atoms with E-state index in [1.165, 1.54) is 38.4 Å². The van der Waals surface area contributed by atoms with Crippen molar-refractivity contribution in [2.24, 2.45) is 5.10 Å². The fourth-order valence-corrected chi connectivity index (χ4v) is 2.31. The first-order valence-corrected chi connectivity index (χ1v) is 8.44. The zero-order valence-corrected chi connectivity index (χ0v) is 15.9. The number of rotatable bonds is 7. The molecule has 0 aliphatic carbocycles. The molecule has 7 nitrogen and oxygen atoms in total. The highest BCUT2D eigenvalue weighted by Gasteiger charge is 2.18. The molecule has 0 fully saturated rings. The van der Waals surface area contributed by atoms with Crippen LogP contribution in [0, 0.1) is 0 Å². The van der Waals surface area contributed by atoms with E-state index in [2.05, 4.69) is 10.5 Å². The average molecular weight is 411 g/mol. The lowest BCUT2D eigenvalue weighted by molar-refractivity contribution is -0.144. The molecule has 1 atom stereocenters. The van der Waals surface area contributed by atoms with E-state index in [1.54, 1.807) is 18.2 Å². The van der Waals surface area contributed by atoms with Crippen molar-refractivity contribution in [3.05, 3.63) is 57.6 Å². The van der Waals surface area contributed by atoms with Crippen LogP contribution < -0.4 is 14.9 Å². The molecule has 0 aliphatic rings.